The highest BCUT2D eigenvalue weighted by Gasteiger charge is 2.06. The molecule has 0 heterocycles. The molecule has 1 unspecified atom stereocenters. The minimum absolute atomic E-state index is 0.194. The lowest BCUT2D eigenvalue weighted by Gasteiger charge is -2.11. The van der Waals surface area contributed by atoms with Crippen molar-refractivity contribution in [2.45, 2.75) is 19.8 Å². The van der Waals surface area contributed by atoms with Crippen molar-refractivity contribution in [3.05, 3.63) is 42.0 Å². The first-order chi connectivity index (χ1) is 6.65. The van der Waals surface area contributed by atoms with E-state index in [1.54, 1.807) is 0 Å². The van der Waals surface area contributed by atoms with Crippen molar-refractivity contribution in [2.24, 2.45) is 0 Å². The summed E-state index contributed by atoms with van der Waals surface area (Å²) >= 11 is 0. The van der Waals surface area contributed by atoms with Crippen LogP contribution in [0.2, 0.25) is 0 Å². The summed E-state index contributed by atoms with van der Waals surface area (Å²) < 4.78 is 0. The van der Waals surface area contributed by atoms with Crippen LogP contribution in [0.5, 0.6) is 0 Å². The monoisotopic (exact) mass is 192 g/mol. The molecule has 0 aliphatic rings. The average molecular weight is 192 g/mol. The number of rotatable bonds is 4. The molecular formula is C12H16O2. The van der Waals surface area contributed by atoms with Gasteiger partial charge in [0.25, 0.3) is 0 Å². The lowest BCUT2D eigenvalue weighted by Crippen LogP contribution is -2.02. The first kappa shape index (κ1) is 11.0. The maximum Gasteiger partial charge on any atom is 0.0885 e. The van der Waals surface area contributed by atoms with Crippen LogP contribution in [0.3, 0.4) is 0 Å². The molecule has 1 atom stereocenters. The van der Waals surface area contributed by atoms with Gasteiger partial charge in [-0.05, 0) is 18.1 Å². The lowest BCUT2D eigenvalue weighted by atomic mass is 9.98. The Bertz CT molecular complexity index is 318. The topological polar surface area (TPSA) is 29.5 Å². The van der Waals surface area contributed by atoms with Crippen molar-refractivity contribution in [2.75, 3.05) is 6.61 Å². The van der Waals surface area contributed by atoms with Gasteiger partial charge < -0.3 is 0 Å². The Morgan fingerprint density at radius 1 is 1.57 bits per heavy atom. The molecule has 0 aliphatic heterocycles. The highest BCUT2D eigenvalue weighted by Crippen LogP contribution is 2.20. The van der Waals surface area contributed by atoms with Gasteiger partial charge in [0, 0.05) is 5.92 Å². The van der Waals surface area contributed by atoms with Crippen LogP contribution in [0.25, 0.3) is 5.57 Å². The van der Waals surface area contributed by atoms with Crippen molar-refractivity contribution >= 4 is 5.57 Å². The van der Waals surface area contributed by atoms with Gasteiger partial charge in [0.2, 0.25) is 0 Å². The molecule has 0 bridgehead atoms. The Morgan fingerprint density at radius 3 is 2.86 bits per heavy atom. The lowest BCUT2D eigenvalue weighted by molar-refractivity contribution is -0.245. The van der Waals surface area contributed by atoms with E-state index in [1.165, 1.54) is 0 Å². The molecule has 0 saturated heterocycles. The van der Waals surface area contributed by atoms with Crippen LogP contribution in [0.4, 0.5) is 0 Å². The maximum atomic E-state index is 8.36. The van der Waals surface area contributed by atoms with E-state index in [0.717, 1.165) is 16.7 Å². The second kappa shape index (κ2) is 4.94. The summed E-state index contributed by atoms with van der Waals surface area (Å²) in [5.41, 5.74) is 3.33. The predicted molar refractivity (Wildman–Crippen MR) is 58.1 cm³/mol. The van der Waals surface area contributed by atoms with Crippen molar-refractivity contribution in [3.63, 3.8) is 0 Å². The van der Waals surface area contributed by atoms with Crippen LogP contribution in [0.1, 0.15) is 30.9 Å². The molecule has 1 N–H and O–H groups in total. The predicted octanol–water partition coefficient (Wildman–Crippen LogP) is 3.31. The van der Waals surface area contributed by atoms with E-state index in [0.29, 0.717) is 6.61 Å². The zero-order valence-corrected chi connectivity index (χ0v) is 8.66. The van der Waals surface area contributed by atoms with E-state index < -0.39 is 0 Å². The largest absolute Gasteiger partial charge is 0.252 e. The van der Waals surface area contributed by atoms with Crippen LogP contribution in [-0.4, -0.2) is 11.9 Å². The second-order valence-corrected chi connectivity index (χ2v) is 3.60. The molecule has 76 valence electrons. The Labute approximate surface area is 84.8 Å². The number of allylic oxidation sites excluding steroid dienone is 1. The first-order valence-electron chi connectivity index (χ1n) is 4.67. The molecule has 0 aliphatic carbocycles. The number of benzene rings is 1. The molecule has 14 heavy (non-hydrogen) atoms. The van der Waals surface area contributed by atoms with Gasteiger partial charge in [0.1, 0.15) is 0 Å². The quantitative estimate of drug-likeness (QED) is 0.585. The maximum absolute atomic E-state index is 8.36. The van der Waals surface area contributed by atoms with Gasteiger partial charge in [0.15, 0.2) is 0 Å². The Morgan fingerprint density at radius 2 is 2.29 bits per heavy atom. The van der Waals surface area contributed by atoms with Crippen molar-refractivity contribution in [1.29, 1.82) is 0 Å². The Hall–Kier alpha value is -1.12. The van der Waals surface area contributed by atoms with Gasteiger partial charge in [-0.15, -0.1) is 0 Å². The minimum Gasteiger partial charge on any atom is -0.252 e. The molecule has 1 rings (SSSR count). The third-order valence-corrected chi connectivity index (χ3v) is 2.27. The van der Waals surface area contributed by atoms with Crippen molar-refractivity contribution in [1.82, 2.24) is 0 Å². The van der Waals surface area contributed by atoms with Crippen LogP contribution in [0, 0.1) is 0 Å². The van der Waals surface area contributed by atoms with Crippen LogP contribution in [0.15, 0.2) is 30.8 Å². The molecule has 0 saturated carbocycles. The zero-order chi connectivity index (χ0) is 10.6. The molecule has 0 radical (unpaired) electrons. The summed E-state index contributed by atoms with van der Waals surface area (Å²) in [6, 6.07) is 8.12. The highest BCUT2D eigenvalue weighted by atomic mass is 17.1. The summed E-state index contributed by atoms with van der Waals surface area (Å²) in [4.78, 5) is 4.14. The minimum atomic E-state index is 0.194. The second-order valence-electron chi connectivity index (χ2n) is 3.60. The Kier molecular flexibility index (Phi) is 3.86. The van der Waals surface area contributed by atoms with Gasteiger partial charge in [-0.3, -0.25) is 5.26 Å². The van der Waals surface area contributed by atoms with Gasteiger partial charge in [0.05, 0.1) is 6.61 Å². The van der Waals surface area contributed by atoms with E-state index in [4.69, 9.17) is 5.26 Å². The number of hydrogen-bond donors (Lipinski definition) is 1. The average Bonchev–Trinajstić information content (AvgIpc) is 2.18. The van der Waals surface area contributed by atoms with E-state index in [1.807, 2.05) is 32.0 Å². The molecule has 2 nitrogen and oxygen atoms in total. The van der Waals surface area contributed by atoms with Gasteiger partial charge in [-0.25, -0.2) is 4.89 Å². The summed E-state index contributed by atoms with van der Waals surface area (Å²) in [6.07, 6.45) is 0. The van der Waals surface area contributed by atoms with Crippen LogP contribution in [-0.2, 0) is 4.89 Å². The van der Waals surface area contributed by atoms with E-state index in [2.05, 4.69) is 17.5 Å². The molecule has 1 aromatic carbocycles. The van der Waals surface area contributed by atoms with Crippen molar-refractivity contribution < 1.29 is 10.1 Å². The summed E-state index contributed by atoms with van der Waals surface area (Å²) in [5.74, 6) is 0.194. The molecule has 0 spiro atoms. The molecule has 0 aromatic heterocycles. The Balaban J connectivity index is 2.87. The normalized spacial score (nSPS) is 12.5. The first-order valence-corrected chi connectivity index (χ1v) is 4.67. The number of hydrogen-bond acceptors (Lipinski definition) is 2. The standard InChI is InChI=1S/C12H16O2/c1-9(2)11-5-4-6-12(7-11)10(3)8-14-13/h4-7,10,13H,1,8H2,2-3H3. The summed E-state index contributed by atoms with van der Waals surface area (Å²) in [7, 11) is 0. The molecule has 2 heteroatoms. The molecule has 0 fully saturated rings. The SMILES string of the molecule is C=C(C)c1cccc(C(C)COO)c1. The zero-order valence-electron chi connectivity index (χ0n) is 8.66. The fourth-order valence-electron chi connectivity index (χ4n) is 1.32. The fourth-order valence-corrected chi connectivity index (χ4v) is 1.32. The van der Waals surface area contributed by atoms with Crippen molar-refractivity contribution in [3.8, 4) is 0 Å². The van der Waals surface area contributed by atoms with E-state index >= 15 is 0 Å². The summed E-state index contributed by atoms with van der Waals surface area (Å²) in [5, 5.41) is 8.36. The van der Waals surface area contributed by atoms with E-state index in [9.17, 15) is 0 Å². The third-order valence-electron chi connectivity index (χ3n) is 2.27. The third kappa shape index (κ3) is 2.69. The van der Waals surface area contributed by atoms with Crippen LogP contribution >= 0.6 is 0 Å². The van der Waals surface area contributed by atoms with Gasteiger partial charge in [-0.1, -0.05) is 43.3 Å². The van der Waals surface area contributed by atoms with Gasteiger partial charge >= 0.3 is 0 Å². The summed E-state index contributed by atoms with van der Waals surface area (Å²) in [6.45, 7) is 8.20. The van der Waals surface area contributed by atoms with E-state index in [-0.39, 0.29) is 5.92 Å². The molecular weight excluding hydrogens is 176 g/mol. The smallest absolute Gasteiger partial charge is 0.0885 e. The molecule has 1 aromatic rings. The van der Waals surface area contributed by atoms with Crippen LogP contribution < -0.4 is 0 Å². The van der Waals surface area contributed by atoms with Gasteiger partial charge in [-0.2, -0.15) is 0 Å². The highest BCUT2D eigenvalue weighted by molar-refractivity contribution is 5.61. The molecule has 0 amide bonds. The fraction of sp³-hybridized carbons (Fsp3) is 0.333.